The molecule has 1 fully saturated rings. The van der Waals surface area contributed by atoms with Gasteiger partial charge >= 0.3 is 5.69 Å². The summed E-state index contributed by atoms with van der Waals surface area (Å²) in [6.45, 7) is 7.84. The zero-order chi connectivity index (χ0) is 20.3. The molecule has 0 amide bonds. The maximum absolute atomic E-state index is 13.0. The van der Waals surface area contributed by atoms with Crippen molar-refractivity contribution in [2.45, 2.75) is 45.9 Å². The number of rotatable bonds is 7. The fourth-order valence-corrected chi connectivity index (χ4v) is 3.48. The normalized spacial score (nSPS) is 24.4. The van der Waals surface area contributed by atoms with Crippen LogP contribution < -0.4 is 11.2 Å². The molecule has 1 aliphatic heterocycles. The molecule has 150 valence electrons. The number of aromatic nitrogens is 2. The van der Waals surface area contributed by atoms with E-state index in [1.165, 1.54) is 16.8 Å². The first-order chi connectivity index (χ1) is 13.4. The number of aliphatic hydroxyl groups is 1. The van der Waals surface area contributed by atoms with Crippen LogP contribution in [0.1, 0.15) is 32.1 Å². The summed E-state index contributed by atoms with van der Waals surface area (Å²) in [5, 5.41) is 9.52. The van der Waals surface area contributed by atoms with Gasteiger partial charge in [-0.25, -0.2) is 9.36 Å². The van der Waals surface area contributed by atoms with Crippen molar-refractivity contribution in [2.75, 3.05) is 6.61 Å². The Hall–Kier alpha value is -2.48. The number of hydrogen-bond acceptors (Lipinski definition) is 5. The predicted molar refractivity (Wildman–Crippen MR) is 105 cm³/mol. The molecule has 0 aliphatic carbocycles. The van der Waals surface area contributed by atoms with Crippen LogP contribution in [0.25, 0.3) is 0 Å². The molecule has 1 aromatic heterocycles. The maximum Gasteiger partial charge on any atom is 0.335 e. The molecular weight excluding hydrogens is 360 g/mol. The van der Waals surface area contributed by atoms with Gasteiger partial charge in [0, 0.05) is 17.7 Å². The summed E-state index contributed by atoms with van der Waals surface area (Å²) in [5.41, 5.74) is 0.300. The highest BCUT2D eigenvalue weighted by Crippen LogP contribution is 2.48. The van der Waals surface area contributed by atoms with Crippen LogP contribution in [0.3, 0.4) is 0 Å². The zero-order valence-electron chi connectivity index (χ0n) is 16.2. The fraction of sp³-hybridized carbons (Fsp3) is 0.429. The molecule has 0 spiro atoms. The smallest absolute Gasteiger partial charge is 0.335 e. The second-order valence-corrected chi connectivity index (χ2v) is 7.43. The van der Waals surface area contributed by atoms with E-state index in [9.17, 15) is 14.7 Å². The molecule has 1 N–H and O–H groups in total. The summed E-state index contributed by atoms with van der Waals surface area (Å²) < 4.78 is 13.9. The molecule has 1 aliphatic rings. The van der Waals surface area contributed by atoms with Gasteiger partial charge in [-0.05, 0) is 18.9 Å². The quantitative estimate of drug-likeness (QED) is 0.737. The standard InChI is InChI=1S/C21H26N2O5/c1-15(2)21(3)11-17(12-24)28-19(21)22-10-9-18(25)23(20(22)26)14-27-13-16-7-5-4-6-8-16/h4-10,17,19,24H,1,11-14H2,2-3H3. The molecule has 2 aromatic rings. The molecule has 0 radical (unpaired) electrons. The Bertz CT molecular complexity index is 949. The zero-order valence-corrected chi connectivity index (χ0v) is 16.2. The summed E-state index contributed by atoms with van der Waals surface area (Å²) in [6.07, 6.45) is 0.924. The van der Waals surface area contributed by atoms with E-state index in [1.807, 2.05) is 44.2 Å². The molecule has 3 rings (SSSR count). The number of aliphatic hydroxyl groups excluding tert-OH is 1. The minimum atomic E-state index is -0.657. The first-order valence-corrected chi connectivity index (χ1v) is 9.23. The lowest BCUT2D eigenvalue weighted by Gasteiger charge is -2.31. The average Bonchev–Trinajstić information content (AvgIpc) is 3.03. The van der Waals surface area contributed by atoms with E-state index in [4.69, 9.17) is 9.47 Å². The third kappa shape index (κ3) is 3.87. The van der Waals surface area contributed by atoms with E-state index in [2.05, 4.69) is 6.58 Å². The molecular formula is C21H26N2O5. The van der Waals surface area contributed by atoms with Crippen LogP contribution in [0.5, 0.6) is 0 Å². The third-order valence-electron chi connectivity index (χ3n) is 5.38. The van der Waals surface area contributed by atoms with Gasteiger partial charge < -0.3 is 14.6 Å². The number of ether oxygens (including phenoxy) is 2. The summed E-state index contributed by atoms with van der Waals surface area (Å²) in [6, 6.07) is 10.8. The molecule has 2 heterocycles. The Morgan fingerprint density at radius 1 is 1.32 bits per heavy atom. The van der Waals surface area contributed by atoms with Crippen LogP contribution in [-0.4, -0.2) is 27.0 Å². The van der Waals surface area contributed by atoms with Gasteiger partial charge in [-0.2, -0.15) is 0 Å². The lowest BCUT2D eigenvalue weighted by atomic mass is 9.79. The molecule has 3 unspecified atom stereocenters. The van der Waals surface area contributed by atoms with Crippen molar-refractivity contribution >= 4 is 0 Å². The molecule has 1 saturated heterocycles. The van der Waals surface area contributed by atoms with Crippen molar-refractivity contribution in [3.05, 3.63) is 81.1 Å². The highest BCUT2D eigenvalue weighted by atomic mass is 16.5. The summed E-state index contributed by atoms with van der Waals surface area (Å²) >= 11 is 0. The minimum Gasteiger partial charge on any atom is -0.394 e. The maximum atomic E-state index is 13.0. The molecule has 1 aromatic carbocycles. The fourth-order valence-electron chi connectivity index (χ4n) is 3.48. The largest absolute Gasteiger partial charge is 0.394 e. The van der Waals surface area contributed by atoms with Gasteiger partial charge in [0.05, 0.1) is 19.3 Å². The van der Waals surface area contributed by atoms with Gasteiger partial charge in [-0.3, -0.25) is 9.36 Å². The van der Waals surface area contributed by atoms with E-state index in [1.54, 1.807) is 0 Å². The first-order valence-electron chi connectivity index (χ1n) is 9.23. The summed E-state index contributed by atoms with van der Waals surface area (Å²) in [5.74, 6) is 0. The minimum absolute atomic E-state index is 0.145. The van der Waals surface area contributed by atoms with Crippen molar-refractivity contribution in [1.29, 1.82) is 0 Å². The van der Waals surface area contributed by atoms with Crippen molar-refractivity contribution < 1.29 is 14.6 Å². The monoisotopic (exact) mass is 386 g/mol. The molecule has 3 atom stereocenters. The van der Waals surface area contributed by atoms with E-state index in [-0.39, 0.29) is 19.9 Å². The number of benzene rings is 1. The van der Waals surface area contributed by atoms with E-state index in [0.29, 0.717) is 6.42 Å². The Kier molecular flexibility index (Phi) is 5.98. The van der Waals surface area contributed by atoms with Gasteiger partial charge in [0.2, 0.25) is 0 Å². The highest BCUT2D eigenvalue weighted by Gasteiger charge is 2.47. The second kappa shape index (κ2) is 8.26. The number of nitrogens with zero attached hydrogens (tertiary/aromatic N) is 2. The Labute approximate surface area is 163 Å². The lowest BCUT2D eigenvalue weighted by molar-refractivity contribution is -0.0479. The Morgan fingerprint density at radius 2 is 2.04 bits per heavy atom. The van der Waals surface area contributed by atoms with Crippen LogP contribution >= 0.6 is 0 Å². The van der Waals surface area contributed by atoms with Crippen molar-refractivity contribution in [1.82, 2.24) is 9.13 Å². The van der Waals surface area contributed by atoms with E-state index < -0.39 is 29.0 Å². The summed E-state index contributed by atoms with van der Waals surface area (Å²) in [7, 11) is 0. The van der Waals surface area contributed by atoms with Crippen LogP contribution in [0.4, 0.5) is 0 Å². The van der Waals surface area contributed by atoms with Gasteiger partial charge in [-0.15, -0.1) is 0 Å². The third-order valence-corrected chi connectivity index (χ3v) is 5.38. The van der Waals surface area contributed by atoms with E-state index in [0.717, 1.165) is 15.7 Å². The van der Waals surface area contributed by atoms with Crippen molar-refractivity contribution in [3.63, 3.8) is 0 Å². The Balaban J connectivity index is 1.87. The van der Waals surface area contributed by atoms with Crippen molar-refractivity contribution in [3.8, 4) is 0 Å². The number of hydrogen-bond donors (Lipinski definition) is 1. The van der Waals surface area contributed by atoms with Crippen molar-refractivity contribution in [2.24, 2.45) is 5.41 Å². The molecule has 7 heteroatoms. The van der Waals surface area contributed by atoms with Gasteiger partial charge in [0.15, 0.2) is 0 Å². The van der Waals surface area contributed by atoms with E-state index >= 15 is 0 Å². The van der Waals surface area contributed by atoms with Crippen LogP contribution in [0, 0.1) is 5.41 Å². The topological polar surface area (TPSA) is 82.7 Å². The van der Waals surface area contributed by atoms with Gasteiger partial charge in [0.25, 0.3) is 5.56 Å². The average molecular weight is 386 g/mol. The summed E-state index contributed by atoms with van der Waals surface area (Å²) in [4.78, 5) is 25.2. The van der Waals surface area contributed by atoms with Crippen LogP contribution in [0.15, 0.2) is 64.3 Å². The molecule has 0 saturated carbocycles. The second-order valence-electron chi connectivity index (χ2n) is 7.43. The predicted octanol–water partition coefficient (Wildman–Crippen LogP) is 2.05. The lowest BCUT2D eigenvalue weighted by Crippen LogP contribution is -2.43. The molecule has 7 nitrogen and oxygen atoms in total. The SMILES string of the molecule is C=C(C)C1(C)CC(CO)OC1n1ccc(=O)n(COCc2ccccc2)c1=O. The Morgan fingerprint density at radius 3 is 2.68 bits per heavy atom. The van der Waals surface area contributed by atoms with Gasteiger partial charge in [0.1, 0.15) is 13.0 Å². The molecule has 28 heavy (non-hydrogen) atoms. The first kappa shape index (κ1) is 20.3. The highest BCUT2D eigenvalue weighted by molar-refractivity contribution is 5.14. The van der Waals surface area contributed by atoms with Crippen LogP contribution in [0.2, 0.25) is 0 Å². The molecule has 0 bridgehead atoms. The van der Waals surface area contributed by atoms with Gasteiger partial charge in [-0.1, -0.05) is 49.4 Å². The van der Waals surface area contributed by atoms with Crippen LogP contribution in [-0.2, 0) is 22.8 Å².